The van der Waals surface area contributed by atoms with E-state index in [0.717, 1.165) is 6.07 Å². The summed E-state index contributed by atoms with van der Waals surface area (Å²) in [4.78, 5) is 0. The van der Waals surface area contributed by atoms with Gasteiger partial charge >= 0.3 is 0 Å². The van der Waals surface area contributed by atoms with Gasteiger partial charge in [-0.2, -0.15) is 8.42 Å². The Morgan fingerprint density at radius 3 is 2.57 bits per heavy atom. The quantitative estimate of drug-likeness (QED) is 0.675. The minimum atomic E-state index is -4.28. The molecule has 0 saturated heterocycles. The Bertz CT molecular complexity index is 460. The van der Waals surface area contributed by atoms with E-state index in [-0.39, 0.29) is 10.6 Å². The third-order valence-corrected chi connectivity index (χ3v) is 3.44. The highest BCUT2D eigenvalue weighted by Crippen LogP contribution is 2.29. The number of benzene rings is 1. The molecule has 0 saturated carbocycles. The van der Waals surface area contributed by atoms with Crippen LogP contribution in [0.3, 0.4) is 0 Å². The molecule has 0 unspecified atom stereocenters. The fourth-order valence-corrected chi connectivity index (χ4v) is 2.20. The molecule has 3 nitrogen and oxygen atoms in total. The maximum Gasteiger partial charge on any atom is 0.269 e. The van der Waals surface area contributed by atoms with Crippen LogP contribution in [-0.2, 0) is 15.9 Å². The van der Waals surface area contributed by atoms with E-state index in [1.54, 1.807) is 0 Å². The van der Waals surface area contributed by atoms with Crippen molar-refractivity contribution in [1.82, 2.24) is 0 Å². The first-order valence-corrected chi connectivity index (χ1v) is 6.17. The maximum absolute atomic E-state index is 13.1. The van der Waals surface area contributed by atoms with Crippen LogP contribution in [0, 0.1) is 5.82 Å². The van der Waals surface area contributed by atoms with E-state index in [0.29, 0.717) is 4.47 Å². The van der Waals surface area contributed by atoms with Gasteiger partial charge in [-0.25, -0.2) is 4.39 Å². The molecule has 0 aliphatic carbocycles. The molecule has 1 aromatic rings. The Hall–Kier alpha value is -0.170. The molecule has 0 radical (unpaired) electrons. The van der Waals surface area contributed by atoms with Crippen LogP contribution in [0.1, 0.15) is 5.56 Å². The Balaban J connectivity index is 3.27. The third-order valence-electron chi connectivity index (χ3n) is 1.47. The SMILES string of the molecule is O=S(=O)(O)Cc1c(F)ccc(Br)c1Cl. The van der Waals surface area contributed by atoms with Gasteiger partial charge in [0.05, 0.1) is 5.02 Å². The molecule has 0 aliphatic heterocycles. The fraction of sp³-hybridized carbons (Fsp3) is 0.143. The molecule has 0 spiro atoms. The minimum absolute atomic E-state index is 0.0531. The second-order valence-electron chi connectivity index (χ2n) is 2.55. The first kappa shape index (κ1) is 11.9. The van der Waals surface area contributed by atoms with Gasteiger partial charge in [0.1, 0.15) is 11.6 Å². The van der Waals surface area contributed by atoms with Crippen molar-refractivity contribution in [1.29, 1.82) is 0 Å². The summed E-state index contributed by atoms with van der Waals surface area (Å²) in [7, 11) is -4.28. The average Bonchev–Trinajstić information content (AvgIpc) is 2.04. The molecule has 0 aromatic heterocycles. The Labute approximate surface area is 93.8 Å². The molecule has 0 atom stereocenters. The zero-order chi connectivity index (χ0) is 10.9. The highest BCUT2D eigenvalue weighted by Gasteiger charge is 2.16. The highest BCUT2D eigenvalue weighted by atomic mass is 79.9. The molecular formula is C7H5BrClFO3S. The average molecular weight is 304 g/mol. The number of rotatable bonds is 2. The molecular weight excluding hydrogens is 298 g/mol. The molecule has 1 N–H and O–H groups in total. The summed E-state index contributed by atoms with van der Waals surface area (Å²) in [6.45, 7) is 0. The Kier molecular flexibility index (Phi) is 3.52. The fourth-order valence-electron chi connectivity index (χ4n) is 0.884. The van der Waals surface area contributed by atoms with E-state index < -0.39 is 21.7 Å². The molecule has 7 heteroatoms. The molecule has 0 bridgehead atoms. The van der Waals surface area contributed by atoms with Crippen LogP contribution in [0.4, 0.5) is 4.39 Å². The number of hydrogen-bond donors (Lipinski definition) is 1. The van der Waals surface area contributed by atoms with Crippen LogP contribution < -0.4 is 0 Å². The predicted octanol–water partition coefficient (Wildman–Crippen LogP) is 2.63. The molecule has 0 aliphatic rings. The van der Waals surface area contributed by atoms with Gasteiger partial charge in [0.2, 0.25) is 0 Å². The highest BCUT2D eigenvalue weighted by molar-refractivity contribution is 9.10. The summed E-state index contributed by atoms with van der Waals surface area (Å²) in [5, 5.41) is -0.0531. The lowest BCUT2D eigenvalue weighted by atomic mass is 10.2. The van der Waals surface area contributed by atoms with E-state index in [1.165, 1.54) is 6.07 Å². The van der Waals surface area contributed by atoms with Gasteiger partial charge in [-0.05, 0) is 28.1 Å². The van der Waals surface area contributed by atoms with Crippen molar-refractivity contribution in [2.24, 2.45) is 0 Å². The number of hydrogen-bond acceptors (Lipinski definition) is 2. The van der Waals surface area contributed by atoms with E-state index >= 15 is 0 Å². The second kappa shape index (κ2) is 4.14. The molecule has 0 amide bonds. The van der Waals surface area contributed by atoms with Gasteiger partial charge < -0.3 is 0 Å². The summed E-state index contributed by atoms with van der Waals surface area (Å²) in [6, 6.07) is 2.42. The largest absolute Gasteiger partial charge is 0.285 e. The lowest BCUT2D eigenvalue weighted by Gasteiger charge is -2.05. The van der Waals surface area contributed by atoms with Crippen molar-refractivity contribution in [3.05, 3.63) is 33.0 Å². The van der Waals surface area contributed by atoms with Gasteiger partial charge in [0.25, 0.3) is 10.1 Å². The van der Waals surface area contributed by atoms with Crippen LogP contribution >= 0.6 is 27.5 Å². The predicted molar refractivity (Wildman–Crippen MR) is 54.4 cm³/mol. The first-order valence-electron chi connectivity index (χ1n) is 3.39. The summed E-state index contributed by atoms with van der Waals surface area (Å²) in [6.07, 6.45) is 0. The van der Waals surface area contributed by atoms with E-state index in [2.05, 4.69) is 15.9 Å². The first-order chi connectivity index (χ1) is 6.31. The summed E-state index contributed by atoms with van der Waals surface area (Å²) in [5.74, 6) is -1.60. The van der Waals surface area contributed by atoms with E-state index in [4.69, 9.17) is 16.2 Å². The van der Waals surface area contributed by atoms with Gasteiger partial charge in [-0.15, -0.1) is 0 Å². The van der Waals surface area contributed by atoms with Crippen LogP contribution in [-0.4, -0.2) is 13.0 Å². The van der Waals surface area contributed by atoms with Crippen molar-refractivity contribution < 1.29 is 17.4 Å². The molecule has 0 fully saturated rings. The monoisotopic (exact) mass is 302 g/mol. The minimum Gasteiger partial charge on any atom is -0.285 e. The third kappa shape index (κ3) is 2.91. The standard InChI is InChI=1S/C7H5BrClFO3S/c8-5-1-2-6(10)4(7(5)9)3-14(11,12)13/h1-2H,3H2,(H,11,12,13). The van der Waals surface area contributed by atoms with Crippen molar-refractivity contribution in [2.75, 3.05) is 0 Å². The molecule has 0 heterocycles. The van der Waals surface area contributed by atoms with Crippen LogP contribution in [0.15, 0.2) is 16.6 Å². The van der Waals surface area contributed by atoms with Gasteiger partial charge in [0, 0.05) is 10.0 Å². The van der Waals surface area contributed by atoms with Gasteiger partial charge in [-0.1, -0.05) is 11.6 Å². The van der Waals surface area contributed by atoms with E-state index in [9.17, 15) is 12.8 Å². The lowest BCUT2D eigenvalue weighted by Crippen LogP contribution is -2.04. The zero-order valence-electron chi connectivity index (χ0n) is 6.67. The summed E-state index contributed by atoms with van der Waals surface area (Å²) >= 11 is 8.65. The van der Waals surface area contributed by atoms with Crippen LogP contribution in [0.2, 0.25) is 5.02 Å². The number of halogens is 3. The lowest BCUT2D eigenvalue weighted by molar-refractivity contribution is 0.480. The smallest absolute Gasteiger partial charge is 0.269 e. The Morgan fingerprint density at radius 2 is 2.07 bits per heavy atom. The summed E-state index contributed by atoms with van der Waals surface area (Å²) in [5.41, 5.74) is -0.247. The van der Waals surface area contributed by atoms with Crippen LogP contribution in [0.25, 0.3) is 0 Å². The van der Waals surface area contributed by atoms with Crippen molar-refractivity contribution >= 4 is 37.6 Å². The Morgan fingerprint density at radius 1 is 1.50 bits per heavy atom. The molecule has 14 heavy (non-hydrogen) atoms. The zero-order valence-corrected chi connectivity index (χ0v) is 9.83. The molecule has 1 rings (SSSR count). The van der Waals surface area contributed by atoms with Crippen molar-refractivity contribution in [3.8, 4) is 0 Å². The second-order valence-corrected chi connectivity index (χ2v) is 5.23. The molecule has 78 valence electrons. The summed E-state index contributed by atoms with van der Waals surface area (Å²) < 4.78 is 43.1. The van der Waals surface area contributed by atoms with Gasteiger partial charge in [0.15, 0.2) is 0 Å². The van der Waals surface area contributed by atoms with Gasteiger partial charge in [-0.3, -0.25) is 4.55 Å². The van der Waals surface area contributed by atoms with Crippen molar-refractivity contribution in [3.63, 3.8) is 0 Å². The molecule has 1 aromatic carbocycles. The normalized spacial score (nSPS) is 11.7. The van der Waals surface area contributed by atoms with Crippen molar-refractivity contribution in [2.45, 2.75) is 5.75 Å². The maximum atomic E-state index is 13.1. The van der Waals surface area contributed by atoms with E-state index in [1.807, 2.05) is 0 Å². The van der Waals surface area contributed by atoms with Crippen LogP contribution in [0.5, 0.6) is 0 Å². The topological polar surface area (TPSA) is 54.4 Å².